The van der Waals surface area contributed by atoms with Crippen molar-refractivity contribution in [3.05, 3.63) is 59.7 Å². The molecule has 10 heteroatoms. The Labute approximate surface area is 184 Å². The van der Waals surface area contributed by atoms with Gasteiger partial charge >= 0.3 is 0 Å². The largest absolute Gasteiger partial charge is 0.379 e. The zero-order chi connectivity index (χ0) is 21.9. The summed E-state index contributed by atoms with van der Waals surface area (Å²) >= 11 is 0. The van der Waals surface area contributed by atoms with E-state index in [1.54, 1.807) is 6.20 Å². The van der Waals surface area contributed by atoms with Gasteiger partial charge in [0.25, 0.3) is 5.91 Å². The molecule has 1 aliphatic rings. The number of hydrogen-bond acceptors (Lipinski definition) is 7. The molecule has 3 aromatic heterocycles. The van der Waals surface area contributed by atoms with E-state index in [1.165, 1.54) is 11.8 Å². The Morgan fingerprint density at radius 1 is 1.19 bits per heavy atom. The van der Waals surface area contributed by atoms with Gasteiger partial charge in [-0.2, -0.15) is 5.10 Å². The van der Waals surface area contributed by atoms with Gasteiger partial charge in [0, 0.05) is 31.0 Å². The number of carbonyl (C=O) groups excluding carboxylic acids is 1. The van der Waals surface area contributed by atoms with Crippen molar-refractivity contribution >= 4 is 34.3 Å². The van der Waals surface area contributed by atoms with E-state index in [1.807, 2.05) is 37.3 Å². The molecule has 4 N–H and O–H groups in total. The van der Waals surface area contributed by atoms with Crippen LogP contribution < -0.4 is 10.6 Å². The molecule has 1 aromatic carbocycles. The average molecular weight is 432 g/mol. The maximum absolute atomic E-state index is 12.8. The Balaban J connectivity index is 1.24. The van der Waals surface area contributed by atoms with Crippen LogP contribution >= 0.6 is 0 Å². The number of benzene rings is 1. The Hall–Kier alpha value is -3.76. The van der Waals surface area contributed by atoms with Gasteiger partial charge in [-0.05, 0) is 30.7 Å². The van der Waals surface area contributed by atoms with E-state index in [9.17, 15) is 4.79 Å². The summed E-state index contributed by atoms with van der Waals surface area (Å²) in [5.74, 6) is 0.0870. The maximum Gasteiger partial charge on any atom is 0.275 e. The molecule has 0 spiro atoms. The molecule has 0 atom stereocenters. The van der Waals surface area contributed by atoms with Gasteiger partial charge in [0.05, 0.1) is 42.3 Å². The molecule has 0 aliphatic carbocycles. The quantitative estimate of drug-likeness (QED) is 0.369. The SMILES string of the molecule is Cc1cc2nc(Nc3cn[nH]c3C(=O)Nc3ccc(CN4CCOCC4)cc3)ncc2[nH]1. The Morgan fingerprint density at radius 3 is 2.81 bits per heavy atom. The van der Waals surface area contributed by atoms with Crippen LogP contribution in [0.1, 0.15) is 21.7 Å². The number of aromatic amines is 2. The van der Waals surface area contributed by atoms with Gasteiger partial charge < -0.3 is 20.4 Å². The fourth-order valence-corrected chi connectivity index (χ4v) is 3.69. The van der Waals surface area contributed by atoms with Gasteiger partial charge in [0.2, 0.25) is 5.95 Å². The van der Waals surface area contributed by atoms with Crippen LogP contribution in [-0.4, -0.2) is 62.3 Å². The summed E-state index contributed by atoms with van der Waals surface area (Å²) in [6.45, 7) is 6.26. The van der Waals surface area contributed by atoms with Crippen molar-refractivity contribution in [3.63, 3.8) is 0 Å². The number of hydrogen-bond donors (Lipinski definition) is 4. The first kappa shape index (κ1) is 20.2. The van der Waals surface area contributed by atoms with Gasteiger partial charge in [-0.1, -0.05) is 12.1 Å². The van der Waals surface area contributed by atoms with Crippen LogP contribution in [0, 0.1) is 6.92 Å². The molecule has 1 fully saturated rings. The molecule has 0 unspecified atom stereocenters. The Kier molecular flexibility index (Phi) is 5.53. The van der Waals surface area contributed by atoms with Crippen molar-refractivity contribution in [2.45, 2.75) is 13.5 Å². The molecule has 164 valence electrons. The van der Waals surface area contributed by atoms with Gasteiger partial charge in [0.1, 0.15) is 5.69 Å². The predicted molar refractivity (Wildman–Crippen MR) is 121 cm³/mol. The lowest BCUT2D eigenvalue weighted by atomic mass is 10.2. The van der Waals surface area contributed by atoms with Crippen LogP contribution in [0.3, 0.4) is 0 Å². The van der Waals surface area contributed by atoms with E-state index in [4.69, 9.17) is 4.74 Å². The molecule has 1 aliphatic heterocycles. The number of aromatic nitrogens is 5. The lowest BCUT2D eigenvalue weighted by Crippen LogP contribution is -2.35. The molecule has 1 saturated heterocycles. The number of anilines is 3. The van der Waals surface area contributed by atoms with E-state index in [0.717, 1.165) is 49.6 Å². The first-order valence-electron chi connectivity index (χ1n) is 10.5. The van der Waals surface area contributed by atoms with Crippen molar-refractivity contribution in [2.24, 2.45) is 0 Å². The number of nitrogens with zero attached hydrogens (tertiary/aromatic N) is 4. The Morgan fingerprint density at radius 2 is 2.00 bits per heavy atom. The van der Waals surface area contributed by atoms with E-state index < -0.39 is 0 Å². The minimum atomic E-state index is -0.301. The van der Waals surface area contributed by atoms with Crippen LogP contribution in [-0.2, 0) is 11.3 Å². The number of nitrogens with one attached hydrogen (secondary N) is 4. The van der Waals surface area contributed by atoms with Crippen LogP contribution in [0.25, 0.3) is 11.0 Å². The molecule has 0 radical (unpaired) electrons. The number of aryl methyl sites for hydroxylation is 1. The van der Waals surface area contributed by atoms with Crippen LogP contribution in [0.15, 0.2) is 42.7 Å². The lowest BCUT2D eigenvalue weighted by Gasteiger charge is -2.26. The second kappa shape index (κ2) is 8.77. The van der Waals surface area contributed by atoms with Gasteiger partial charge in [-0.25, -0.2) is 9.97 Å². The minimum Gasteiger partial charge on any atom is -0.379 e. The third kappa shape index (κ3) is 4.46. The van der Waals surface area contributed by atoms with Crippen molar-refractivity contribution in [2.75, 3.05) is 36.9 Å². The second-order valence-corrected chi connectivity index (χ2v) is 7.77. The van der Waals surface area contributed by atoms with Crippen LogP contribution in [0.5, 0.6) is 0 Å². The highest BCUT2D eigenvalue weighted by molar-refractivity contribution is 6.06. The summed E-state index contributed by atoms with van der Waals surface area (Å²) in [6.07, 6.45) is 3.24. The van der Waals surface area contributed by atoms with Crippen molar-refractivity contribution in [1.29, 1.82) is 0 Å². The summed E-state index contributed by atoms with van der Waals surface area (Å²) in [7, 11) is 0. The molecule has 4 heterocycles. The normalized spacial score (nSPS) is 14.5. The fraction of sp³-hybridized carbons (Fsp3) is 0.273. The zero-order valence-electron chi connectivity index (χ0n) is 17.7. The number of morpholine rings is 1. The number of amides is 1. The number of fused-ring (bicyclic) bond motifs is 1. The van der Waals surface area contributed by atoms with Crippen molar-refractivity contribution in [3.8, 4) is 0 Å². The lowest BCUT2D eigenvalue weighted by molar-refractivity contribution is 0.0342. The summed E-state index contributed by atoms with van der Waals surface area (Å²) in [5, 5.41) is 12.7. The molecule has 4 aromatic rings. The summed E-state index contributed by atoms with van der Waals surface area (Å²) in [6, 6.07) is 9.80. The molecular weight excluding hydrogens is 408 g/mol. The number of H-pyrrole nitrogens is 2. The third-order valence-corrected chi connectivity index (χ3v) is 5.34. The van der Waals surface area contributed by atoms with E-state index in [2.05, 4.69) is 40.7 Å². The van der Waals surface area contributed by atoms with Crippen molar-refractivity contribution in [1.82, 2.24) is 30.0 Å². The molecular formula is C22H24N8O2. The highest BCUT2D eigenvalue weighted by Gasteiger charge is 2.16. The molecule has 0 saturated carbocycles. The number of rotatable bonds is 6. The topological polar surface area (TPSA) is 124 Å². The summed E-state index contributed by atoms with van der Waals surface area (Å²) < 4.78 is 5.39. The van der Waals surface area contributed by atoms with E-state index in [-0.39, 0.29) is 5.91 Å². The predicted octanol–water partition coefficient (Wildman–Crippen LogP) is 2.82. The van der Waals surface area contributed by atoms with Crippen LogP contribution in [0.2, 0.25) is 0 Å². The maximum atomic E-state index is 12.8. The Bertz CT molecular complexity index is 1220. The number of carbonyl (C=O) groups is 1. The second-order valence-electron chi connectivity index (χ2n) is 7.77. The van der Waals surface area contributed by atoms with Gasteiger partial charge in [0.15, 0.2) is 0 Å². The van der Waals surface area contributed by atoms with Crippen LogP contribution in [0.4, 0.5) is 17.3 Å². The minimum absolute atomic E-state index is 0.301. The van der Waals surface area contributed by atoms with Gasteiger partial charge in [-0.3, -0.25) is 14.8 Å². The zero-order valence-corrected chi connectivity index (χ0v) is 17.7. The average Bonchev–Trinajstić information content (AvgIpc) is 3.41. The first-order chi connectivity index (χ1) is 15.6. The molecule has 32 heavy (non-hydrogen) atoms. The summed E-state index contributed by atoms with van der Waals surface area (Å²) in [5.41, 5.74) is 5.37. The smallest absolute Gasteiger partial charge is 0.275 e. The molecule has 10 nitrogen and oxygen atoms in total. The van der Waals surface area contributed by atoms with Crippen molar-refractivity contribution < 1.29 is 9.53 Å². The highest BCUT2D eigenvalue weighted by Crippen LogP contribution is 2.20. The fourth-order valence-electron chi connectivity index (χ4n) is 3.69. The summed E-state index contributed by atoms with van der Waals surface area (Å²) in [4.78, 5) is 27.1. The highest BCUT2D eigenvalue weighted by atomic mass is 16.5. The molecule has 5 rings (SSSR count). The first-order valence-corrected chi connectivity index (χ1v) is 10.5. The number of ether oxygens (including phenoxy) is 1. The standard InChI is InChI=1S/C22H24N8O2/c1-14-10-17-18(25-14)11-23-22(27-17)28-19-12-24-29-20(19)21(31)26-16-4-2-15(3-5-16)13-30-6-8-32-9-7-30/h2-5,10-12,25H,6-9,13H2,1H3,(H,24,29)(H,26,31)(H,23,27,28). The monoisotopic (exact) mass is 432 g/mol. The van der Waals surface area contributed by atoms with E-state index in [0.29, 0.717) is 23.0 Å². The molecule has 1 amide bonds. The molecule has 0 bridgehead atoms. The van der Waals surface area contributed by atoms with Gasteiger partial charge in [-0.15, -0.1) is 0 Å². The van der Waals surface area contributed by atoms with E-state index >= 15 is 0 Å². The third-order valence-electron chi connectivity index (χ3n) is 5.34.